The minimum Gasteiger partial charge on any atom is -0.264 e. The number of hydrogen-bond acceptors (Lipinski definition) is 6. The van der Waals surface area contributed by atoms with Gasteiger partial charge in [-0.1, -0.05) is 303 Å². The number of benzene rings is 13. The maximum atomic E-state index is 5.14. The van der Waals surface area contributed by atoms with E-state index < -0.39 is 0 Å². The summed E-state index contributed by atoms with van der Waals surface area (Å²) in [5.74, 6) is 1.39. The lowest BCUT2D eigenvalue weighted by Crippen LogP contribution is -1.96. The molecule has 4 aromatic heterocycles. The van der Waals surface area contributed by atoms with Gasteiger partial charge in [0.25, 0.3) is 0 Å². The van der Waals surface area contributed by atoms with Gasteiger partial charge in [-0.15, -0.1) is 0 Å². The van der Waals surface area contributed by atoms with Crippen molar-refractivity contribution in [1.82, 2.24) is 29.9 Å². The van der Waals surface area contributed by atoms with Crippen LogP contribution in [0.5, 0.6) is 0 Å². The van der Waals surface area contributed by atoms with Gasteiger partial charge in [0.2, 0.25) is 0 Å². The Balaban J connectivity index is 0.000000152. The van der Waals surface area contributed by atoms with Gasteiger partial charge in [-0.2, -0.15) is 0 Å². The highest BCUT2D eigenvalue weighted by Gasteiger charge is 2.16. The molecule has 13 aromatic carbocycles. The minimum atomic E-state index is 0.692. The zero-order valence-corrected chi connectivity index (χ0v) is 52.3. The fourth-order valence-electron chi connectivity index (χ4n) is 12.6. The van der Waals surface area contributed by atoms with E-state index in [1.54, 1.807) is 6.20 Å². The summed E-state index contributed by atoms with van der Waals surface area (Å²) in [5.41, 5.74) is 24.4. The van der Waals surface area contributed by atoms with Crippen molar-refractivity contribution in [3.8, 4) is 135 Å². The van der Waals surface area contributed by atoms with Gasteiger partial charge in [0.15, 0.2) is 11.6 Å². The van der Waals surface area contributed by atoms with E-state index in [4.69, 9.17) is 19.9 Å². The number of hydrogen-bond donors (Lipinski definition) is 0. The lowest BCUT2D eigenvalue weighted by molar-refractivity contribution is 1.18. The van der Waals surface area contributed by atoms with Crippen LogP contribution in [-0.4, -0.2) is 29.9 Å². The van der Waals surface area contributed by atoms with Crippen LogP contribution in [0, 0.1) is 0 Å². The number of nitrogens with zero attached hydrogens (tertiary/aromatic N) is 6. The highest BCUT2D eigenvalue weighted by Crippen LogP contribution is 2.37. The zero-order valence-electron chi connectivity index (χ0n) is 52.3. The van der Waals surface area contributed by atoms with Crippen LogP contribution in [0.1, 0.15) is 0 Å². The first-order valence-electron chi connectivity index (χ1n) is 32.3. The van der Waals surface area contributed by atoms with E-state index in [0.717, 1.165) is 106 Å². The predicted molar refractivity (Wildman–Crippen MR) is 397 cm³/mol. The molecule has 0 aliphatic carbocycles. The molecule has 0 spiro atoms. The smallest absolute Gasteiger partial charge is 0.160 e. The third-order valence-corrected chi connectivity index (χ3v) is 17.8. The van der Waals surface area contributed by atoms with E-state index in [1.165, 1.54) is 49.4 Å². The Morgan fingerprint density at radius 2 is 0.573 bits per heavy atom. The average molecular weight is 1230 g/mol. The SMILES string of the molecule is c1ccc(-c2ccc(-c3cc(-c4ccc(-c5cnc6ccccc6c5)cc4)nc(-c4ccc(-c5cccc6ccccc56)cc4)n3)cc2)cc1.c1ccc(-c2ccc(-c3nc(-c4ccc(-c5cccnc5)cc4)cc(-c4cccc(-c5ccc6ccccc6c5)c4)n3)cc2)cc1. The largest absolute Gasteiger partial charge is 0.264 e. The molecule has 6 nitrogen and oxygen atoms in total. The lowest BCUT2D eigenvalue weighted by atomic mass is 9.97. The predicted octanol–water partition coefficient (Wildman–Crippen LogP) is 23.2. The molecule has 0 aliphatic rings. The molecule has 96 heavy (non-hydrogen) atoms. The molecule has 0 amide bonds. The van der Waals surface area contributed by atoms with Crippen LogP contribution in [0.2, 0.25) is 0 Å². The Morgan fingerprint density at radius 3 is 1.16 bits per heavy atom. The summed E-state index contributed by atoms with van der Waals surface area (Å²) >= 11 is 0. The second-order valence-corrected chi connectivity index (χ2v) is 23.9. The molecule has 17 aromatic rings. The normalized spacial score (nSPS) is 11.1. The van der Waals surface area contributed by atoms with E-state index in [1.807, 2.05) is 48.8 Å². The Bertz CT molecular complexity index is 5480. The highest BCUT2D eigenvalue weighted by molar-refractivity contribution is 5.97. The Hall–Kier alpha value is -12.9. The topological polar surface area (TPSA) is 77.3 Å². The molecule has 17 rings (SSSR count). The van der Waals surface area contributed by atoms with E-state index >= 15 is 0 Å². The zero-order chi connectivity index (χ0) is 64.0. The first kappa shape index (κ1) is 58.2. The quantitative estimate of drug-likeness (QED) is 0.121. The Kier molecular flexibility index (Phi) is 16.0. The third-order valence-electron chi connectivity index (χ3n) is 17.8. The summed E-state index contributed by atoms with van der Waals surface area (Å²) < 4.78 is 0. The van der Waals surface area contributed by atoms with Gasteiger partial charge >= 0.3 is 0 Å². The summed E-state index contributed by atoms with van der Waals surface area (Å²) in [4.78, 5) is 29.4. The molecule has 0 atom stereocenters. The van der Waals surface area contributed by atoms with Crippen LogP contribution < -0.4 is 0 Å². The van der Waals surface area contributed by atoms with Crippen LogP contribution in [0.3, 0.4) is 0 Å². The van der Waals surface area contributed by atoms with E-state index in [2.05, 4.69) is 319 Å². The second-order valence-electron chi connectivity index (χ2n) is 23.9. The molecular weight excluding hydrogens is 1170 g/mol. The van der Waals surface area contributed by atoms with Crippen LogP contribution in [0.4, 0.5) is 0 Å². The van der Waals surface area contributed by atoms with Gasteiger partial charge in [0, 0.05) is 62.9 Å². The molecule has 0 radical (unpaired) electrons. The van der Waals surface area contributed by atoms with E-state index in [0.29, 0.717) is 11.6 Å². The van der Waals surface area contributed by atoms with Gasteiger partial charge in [-0.05, 0) is 125 Å². The molecule has 0 unspecified atom stereocenters. The Morgan fingerprint density at radius 1 is 0.188 bits per heavy atom. The molecule has 0 fully saturated rings. The number of aromatic nitrogens is 6. The van der Waals surface area contributed by atoms with Gasteiger partial charge in [0.1, 0.15) is 0 Å². The summed E-state index contributed by atoms with van der Waals surface area (Å²) in [5, 5.41) is 6.07. The molecule has 6 heteroatoms. The highest BCUT2D eigenvalue weighted by atomic mass is 14.9. The molecule has 0 aliphatic heterocycles. The third kappa shape index (κ3) is 12.5. The first-order chi connectivity index (χ1) is 47.5. The fraction of sp³-hybridized carbons (Fsp3) is 0. The second kappa shape index (κ2) is 26.4. The van der Waals surface area contributed by atoms with Crippen molar-refractivity contribution >= 4 is 32.4 Å². The van der Waals surface area contributed by atoms with Crippen LogP contribution in [-0.2, 0) is 0 Å². The van der Waals surface area contributed by atoms with Crippen molar-refractivity contribution in [3.63, 3.8) is 0 Å². The number of rotatable bonds is 12. The van der Waals surface area contributed by atoms with Gasteiger partial charge in [-0.25, -0.2) is 19.9 Å². The van der Waals surface area contributed by atoms with Crippen molar-refractivity contribution in [2.45, 2.75) is 0 Å². The van der Waals surface area contributed by atoms with Crippen molar-refractivity contribution < 1.29 is 0 Å². The van der Waals surface area contributed by atoms with E-state index in [-0.39, 0.29) is 0 Å². The molecule has 0 bridgehead atoms. The maximum absolute atomic E-state index is 5.14. The summed E-state index contributed by atoms with van der Waals surface area (Å²) in [6.07, 6.45) is 5.62. The van der Waals surface area contributed by atoms with E-state index in [9.17, 15) is 0 Å². The van der Waals surface area contributed by atoms with Gasteiger partial charge in [0.05, 0.1) is 28.3 Å². The molecule has 4 heterocycles. The van der Waals surface area contributed by atoms with Crippen LogP contribution in [0.15, 0.2) is 364 Å². The maximum Gasteiger partial charge on any atom is 0.160 e. The number of para-hydroxylation sites is 1. The fourth-order valence-corrected chi connectivity index (χ4v) is 12.6. The van der Waals surface area contributed by atoms with Crippen molar-refractivity contribution in [1.29, 1.82) is 0 Å². The molecule has 0 saturated heterocycles. The molecule has 0 saturated carbocycles. The summed E-state index contributed by atoms with van der Waals surface area (Å²) in [6.45, 7) is 0. The molecule has 450 valence electrons. The summed E-state index contributed by atoms with van der Waals surface area (Å²) in [7, 11) is 0. The Labute approximate surface area is 558 Å². The monoisotopic (exact) mass is 1220 g/mol. The minimum absolute atomic E-state index is 0.692. The average Bonchev–Trinajstić information content (AvgIpc) is 0.852. The van der Waals surface area contributed by atoms with Crippen molar-refractivity contribution in [3.05, 3.63) is 364 Å². The van der Waals surface area contributed by atoms with Crippen LogP contribution in [0.25, 0.3) is 167 Å². The number of pyridine rings is 2. The van der Waals surface area contributed by atoms with Gasteiger partial charge < -0.3 is 0 Å². The summed E-state index contributed by atoms with van der Waals surface area (Å²) in [6, 6.07) is 121. The first-order valence-corrected chi connectivity index (χ1v) is 32.3. The molecular formula is C90H60N6. The van der Waals surface area contributed by atoms with Crippen molar-refractivity contribution in [2.75, 3.05) is 0 Å². The van der Waals surface area contributed by atoms with Crippen molar-refractivity contribution in [2.24, 2.45) is 0 Å². The van der Waals surface area contributed by atoms with Crippen LogP contribution >= 0.6 is 0 Å². The molecule has 0 N–H and O–H groups in total. The van der Waals surface area contributed by atoms with Gasteiger partial charge in [-0.3, -0.25) is 9.97 Å². The standard InChI is InChI=1S/C47H31N3.C43H29N3/c1-2-9-32(10-3-1)33-17-23-37(24-18-33)45-30-46(38-25-19-34(20-26-38)41-29-40-12-5-7-16-44(40)48-31-41)50-47(49-45)39-27-21-36(22-28-39)43-15-8-13-35-11-4-6-14-42(35)43;1-2-8-30(9-3-1)32-17-22-35(23-18-32)43-45-41(34-20-15-33(16-21-34)40-14-7-25-44-29-40)28-42(46-43)39-13-6-12-37(27-39)38-24-19-31-10-4-5-11-36(31)26-38/h1-31H;1-29H. The lowest BCUT2D eigenvalue weighted by Gasteiger charge is -2.12. The number of fused-ring (bicyclic) bond motifs is 3.